The second-order valence-corrected chi connectivity index (χ2v) is 6.95. The first kappa shape index (κ1) is 18.5. The van der Waals surface area contributed by atoms with Crippen LogP contribution >= 0.6 is 17.0 Å². The van der Waals surface area contributed by atoms with E-state index in [4.69, 9.17) is 21.0 Å². The summed E-state index contributed by atoms with van der Waals surface area (Å²) in [6.45, 7) is 8.18. The molecule has 0 radical (unpaired) electrons. The first-order valence-corrected chi connectivity index (χ1v) is 7.60. The van der Waals surface area contributed by atoms with Crippen molar-refractivity contribution in [1.29, 1.82) is 0 Å². The number of hydrogen-bond donors (Lipinski definition) is 2. The Labute approximate surface area is 152 Å². The number of nitrogens with zero attached hydrogens (tertiary/aromatic N) is 3. The molecule has 0 saturated carbocycles. The Hall–Kier alpha value is -1.80. The van der Waals surface area contributed by atoms with Crippen LogP contribution in [0.25, 0.3) is 0 Å². The maximum absolute atomic E-state index is 6.05. The van der Waals surface area contributed by atoms with Gasteiger partial charge in [0.05, 0.1) is 0 Å². The molecule has 0 aromatic heterocycles. The lowest BCUT2D eigenvalue weighted by atomic mass is 10.0. The number of para-hydroxylation sites is 1. The topological polar surface area (TPSA) is 98.5 Å². The van der Waals surface area contributed by atoms with E-state index >= 15 is 0 Å². The van der Waals surface area contributed by atoms with Crippen molar-refractivity contribution in [2.24, 2.45) is 21.5 Å². The molecule has 132 valence electrons. The van der Waals surface area contributed by atoms with Crippen LogP contribution in [0.3, 0.4) is 0 Å². The van der Waals surface area contributed by atoms with E-state index in [-0.39, 0.29) is 34.5 Å². The smallest absolute Gasteiger partial charge is 0.226 e. The minimum atomic E-state index is -0.714. The van der Waals surface area contributed by atoms with Crippen LogP contribution in [0.2, 0.25) is 0 Å². The fourth-order valence-corrected chi connectivity index (χ4v) is 2.95. The minimum Gasteiger partial charge on any atom is -0.487 e. The highest BCUT2D eigenvalue weighted by atomic mass is 79.9. The Balaban J connectivity index is 0.00000208. The molecule has 0 unspecified atom stereocenters. The molecule has 0 bridgehead atoms. The number of nitrogens with two attached hydrogens (primary N) is 2. The highest BCUT2D eigenvalue weighted by Crippen LogP contribution is 2.38. The summed E-state index contributed by atoms with van der Waals surface area (Å²) < 4.78 is 6.05. The standard InChI is InChI=1S/C16H23N5O2.BrH/c1-15(2)8-10-6-5-7-11(12(10)23-15)9-22-21-14(18)19-13(17)20-16(21,3)4;/h5-7H,8-9H2,1-4H3,(H4,17,18,19,20);1H. The summed E-state index contributed by atoms with van der Waals surface area (Å²) in [5.41, 5.74) is 12.8. The fourth-order valence-electron chi connectivity index (χ4n) is 2.95. The van der Waals surface area contributed by atoms with Gasteiger partial charge >= 0.3 is 0 Å². The number of hydrogen-bond acceptors (Lipinski definition) is 7. The van der Waals surface area contributed by atoms with E-state index < -0.39 is 5.66 Å². The molecule has 0 fully saturated rings. The average Bonchev–Trinajstić information content (AvgIpc) is 2.71. The van der Waals surface area contributed by atoms with Crippen LogP contribution in [-0.2, 0) is 17.9 Å². The van der Waals surface area contributed by atoms with Crippen molar-refractivity contribution in [2.75, 3.05) is 0 Å². The van der Waals surface area contributed by atoms with E-state index in [1.54, 1.807) is 0 Å². The number of halogens is 1. The van der Waals surface area contributed by atoms with Crippen molar-refractivity contribution in [3.8, 4) is 5.75 Å². The van der Waals surface area contributed by atoms with Gasteiger partial charge in [-0.3, -0.25) is 4.84 Å². The van der Waals surface area contributed by atoms with Gasteiger partial charge in [0.1, 0.15) is 18.0 Å². The molecule has 1 aromatic rings. The molecule has 24 heavy (non-hydrogen) atoms. The molecule has 2 aliphatic rings. The van der Waals surface area contributed by atoms with Gasteiger partial charge in [0.15, 0.2) is 5.66 Å². The summed E-state index contributed by atoms with van der Waals surface area (Å²) in [6.07, 6.45) is 0.885. The van der Waals surface area contributed by atoms with E-state index in [9.17, 15) is 0 Å². The van der Waals surface area contributed by atoms with Gasteiger partial charge in [-0.1, -0.05) is 18.2 Å². The number of hydroxylamine groups is 2. The van der Waals surface area contributed by atoms with Gasteiger partial charge in [-0.15, -0.1) is 17.0 Å². The number of aliphatic imine (C=N–C) groups is 2. The SMILES string of the molecule is Br.CC1(C)Cc2cccc(CON3C(N)=NC(N)=NC3(C)C)c2O1. The van der Waals surface area contributed by atoms with Crippen LogP contribution in [0.15, 0.2) is 28.2 Å². The fraction of sp³-hybridized carbons (Fsp3) is 0.500. The third kappa shape index (κ3) is 3.49. The Bertz CT molecular complexity index is 700. The lowest BCUT2D eigenvalue weighted by Crippen LogP contribution is -2.53. The Morgan fingerprint density at radius 2 is 1.96 bits per heavy atom. The minimum absolute atomic E-state index is 0. The summed E-state index contributed by atoms with van der Waals surface area (Å²) in [4.78, 5) is 14.1. The van der Waals surface area contributed by atoms with Crippen LogP contribution in [0.5, 0.6) is 5.75 Å². The highest BCUT2D eigenvalue weighted by Gasteiger charge is 2.35. The van der Waals surface area contributed by atoms with Crippen molar-refractivity contribution in [3.63, 3.8) is 0 Å². The zero-order valence-corrected chi connectivity index (χ0v) is 16.1. The van der Waals surface area contributed by atoms with E-state index in [1.165, 1.54) is 10.6 Å². The number of guanidine groups is 2. The van der Waals surface area contributed by atoms with Crippen LogP contribution in [0, 0.1) is 0 Å². The molecular weight excluding hydrogens is 374 g/mol. The predicted octanol–water partition coefficient (Wildman–Crippen LogP) is 2.09. The molecule has 7 nitrogen and oxygen atoms in total. The lowest BCUT2D eigenvalue weighted by molar-refractivity contribution is -0.167. The molecule has 4 N–H and O–H groups in total. The third-order valence-electron chi connectivity index (χ3n) is 3.84. The van der Waals surface area contributed by atoms with E-state index in [1.807, 2.05) is 26.0 Å². The quantitative estimate of drug-likeness (QED) is 0.813. The summed E-state index contributed by atoms with van der Waals surface area (Å²) in [5.74, 6) is 1.24. The monoisotopic (exact) mass is 397 g/mol. The molecule has 3 rings (SSSR count). The molecule has 0 amide bonds. The zero-order valence-electron chi connectivity index (χ0n) is 14.4. The molecule has 0 spiro atoms. The predicted molar refractivity (Wildman–Crippen MR) is 99.1 cm³/mol. The second kappa shape index (κ2) is 6.25. The van der Waals surface area contributed by atoms with Gasteiger partial charge in [0.25, 0.3) is 0 Å². The van der Waals surface area contributed by atoms with Crippen LogP contribution in [0.4, 0.5) is 0 Å². The molecule has 8 heteroatoms. The zero-order chi connectivity index (χ0) is 16.8. The van der Waals surface area contributed by atoms with E-state index in [0.717, 1.165) is 17.7 Å². The molecule has 0 atom stereocenters. The van der Waals surface area contributed by atoms with Crippen molar-refractivity contribution in [3.05, 3.63) is 29.3 Å². The molecule has 2 heterocycles. The first-order chi connectivity index (χ1) is 10.7. The number of fused-ring (bicyclic) bond motifs is 1. The average molecular weight is 398 g/mol. The summed E-state index contributed by atoms with van der Waals surface area (Å²) in [7, 11) is 0. The molecule has 0 aliphatic carbocycles. The second-order valence-electron chi connectivity index (χ2n) is 6.95. The highest BCUT2D eigenvalue weighted by molar-refractivity contribution is 8.93. The van der Waals surface area contributed by atoms with Crippen molar-refractivity contribution in [2.45, 2.75) is 52.0 Å². The molecule has 0 saturated heterocycles. The van der Waals surface area contributed by atoms with Gasteiger partial charge < -0.3 is 16.2 Å². The maximum Gasteiger partial charge on any atom is 0.226 e. The van der Waals surface area contributed by atoms with Crippen molar-refractivity contribution < 1.29 is 9.57 Å². The number of ether oxygens (including phenoxy) is 1. The Morgan fingerprint density at radius 1 is 1.25 bits per heavy atom. The van der Waals surface area contributed by atoms with Crippen molar-refractivity contribution >= 4 is 28.9 Å². The number of rotatable bonds is 3. The van der Waals surface area contributed by atoms with E-state index in [0.29, 0.717) is 6.61 Å². The first-order valence-electron chi connectivity index (χ1n) is 7.60. The third-order valence-corrected chi connectivity index (χ3v) is 3.84. The van der Waals surface area contributed by atoms with Gasteiger partial charge in [-0.2, -0.15) is 10.1 Å². The Morgan fingerprint density at radius 3 is 2.62 bits per heavy atom. The van der Waals surface area contributed by atoms with Gasteiger partial charge in [0, 0.05) is 12.0 Å². The van der Waals surface area contributed by atoms with Crippen molar-refractivity contribution in [1.82, 2.24) is 5.06 Å². The summed E-state index contributed by atoms with van der Waals surface area (Å²) in [5, 5.41) is 1.48. The van der Waals surface area contributed by atoms with Crippen LogP contribution in [0.1, 0.15) is 38.8 Å². The normalized spacial score (nSPS) is 20.4. The lowest BCUT2D eigenvalue weighted by Gasteiger charge is -2.36. The van der Waals surface area contributed by atoms with Gasteiger partial charge in [0.2, 0.25) is 11.9 Å². The van der Waals surface area contributed by atoms with E-state index in [2.05, 4.69) is 29.9 Å². The molecule has 2 aliphatic heterocycles. The van der Waals surface area contributed by atoms with Crippen LogP contribution in [-0.4, -0.2) is 28.2 Å². The molecular formula is C16H24BrN5O2. The summed E-state index contributed by atoms with van der Waals surface area (Å²) >= 11 is 0. The van der Waals surface area contributed by atoms with Crippen LogP contribution < -0.4 is 16.2 Å². The van der Waals surface area contributed by atoms with Gasteiger partial charge in [-0.25, -0.2) is 4.99 Å². The van der Waals surface area contributed by atoms with Gasteiger partial charge in [-0.05, 0) is 33.3 Å². The molecule has 1 aromatic carbocycles. The number of benzene rings is 1. The maximum atomic E-state index is 6.05. The Kier molecular flexibility index (Phi) is 4.83. The largest absolute Gasteiger partial charge is 0.487 e. The summed E-state index contributed by atoms with van der Waals surface area (Å²) in [6, 6.07) is 6.08.